The van der Waals surface area contributed by atoms with Crippen molar-refractivity contribution in [3.63, 3.8) is 0 Å². The summed E-state index contributed by atoms with van der Waals surface area (Å²) < 4.78 is 16.8. The first-order valence-electron chi connectivity index (χ1n) is 9.40. The molecule has 2 aliphatic rings. The number of fused-ring (bicyclic) bond motifs is 1. The molecule has 0 saturated carbocycles. The number of benzene rings is 1. The van der Waals surface area contributed by atoms with Crippen molar-refractivity contribution in [2.24, 2.45) is 5.92 Å². The SMILES string of the molecule is O=C(N[C@@H](Cc1coc2ccccc12)B(O)O)C1CCOC2(CCOC2)C1. The quantitative estimate of drug-likeness (QED) is 0.678. The molecule has 2 aliphatic heterocycles. The van der Waals surface area contributed by atoms with Crippen LogP contribution in [0.3, 0.4) is 0 Å². The van der Waals surface area contributed by atoms with Gasteiger partial charge >= 0.3 is 7.12 Å². The zero-order valence-corrected chi connectivity index (χ0v) is 15.1. The highest BCUT2D eigenvalue weighted by Gasteiger charge is 2.43. The predicted octanol–water partition coefficient (Wildman–Crippen LogP) is 1.06. The Morgan fingerprint density at radius 3 is 2.96 bits per heavy atom. The van der Waals surface area contributed by atoms with E-state index in [-0.39, 0.29) is 23.8 Å². The zero-order valence-electron chi connectivity index (χ0n) is 15.1. The van der Waals surface area contributed by atoms with Crippen LogP contribution in [0.4, 0.5) is 0 Å². The van der Waals surface area contributed by atoms with E-state index in [1.165, 1.54) is 0 Å². The molecule has 0 aliphatic carbocycles. The molecule has 4 rings (SSSR count). The van der Waals surface area contributed by atoms with Crippen molar-refractivity contribution in [1.82, 2.24) is 5.32 Å². The maximum absolute atomic E-state index is 12.8. The average Bonchev–Trinajstić information content (AvgIpc) is 3.28. The van der Waals surface area contributed by atoms with Crippen molar-refractivity contribution in [1.29, 1.82) is 0 Å². The number of hydrogen-bond acceptors (Lipinski definition) is 6. The molecule has 0 radical (unpaired) electrons. The Balaban J connectivity index is 1.44. The van der Waals surface area contributed by atoms with Crippen LogP contribution in [0.25, 0.3) is 11.0 Å². The van der Waals surface area contributed by atoms with Crippen LogP contribution in [0.15, 0.2) is 34.9 Å². The van der Waals surface area contributed by atoms with E-state index in [0.717, 1.165) is 23.0 Å². The van der Waals surface area contributed by atoms with E-state index in [4.69, 9.17) is 13.9 Å². The van der Waals surface area contributed by atoms with E-state index in [0.29, 0.717) is 32.7 Å². The maximum atomic E-state index is 12.8. The minimum Gasteiger partial charge on any atom is -0.464 e. The molecule has 2 aromatic rings. The third-order valence-corrected chi connectivity index (χ3v) is 5.62. The lowest BCUT2D eigenvalue weighted by Gasteiger charge is -2.36. The van der Waals surface area contributed by atoms with Gasteiger partial charge in [-0.15, -0.1) is 0 Å². The third-order valence-electron chi connectivity index (χ3n) is 5.62. The number of nitrogens with one attached hydrogen (secondary N) is 1. The lowest BCUT2D eigenvalue weighted by atomic mass is 9.75. The Morgan fingerprint density at radius 2 is 2.19 bits per heavy atom. The topological polar surface area (TPSA) is 101 Å². The number of amides is 1. The number of rotatable bonds is 5. The molecule has 2 unspecified atom stereocenters. The number of ether oxygens (including phenoxy) is 2. The molecular formula is C19H24BNO6. The molecule has 0 bridgehead atoms. The van der Waals surface area contributed by atoms with Crippen molar-refractivity contribution in [2.75, 3.05) is 19.8 Å². The fourth-order valence-corrected chi connectivity index (χ4v) is 4.07. The minimum absolute atomic E-state index is 0.171. The Kier molecular flexibility index (Phi) is 5.23. The lowest BCUT2D eigenvalue weighted by Crippen LogP contribution is -2.52. The van der Waals surface area contributed by atoms with Gasteiger partial charge in [-0.25, -0.2) is 0 Å². The molecule has 7 nitrogen and oxygen atoms in total. The number of para-hydroxylation sites is 1. The first-order chi connectivity index (χ1) is 13.1. The van der Waals surface area contributed by atoms with E-state index < -0.39 is 13.1 Å². The third kappa shape index (κ3) is 3.89. The molecule has 3 heterocycles. The van der Waals surface area contributed by atoms with Gasteiger partial charge in [-0.3, -0.25) is 4.79 Å². The Bertz CT molecular complexity index is 800. The number of carbonyl (C=O) groups is 1. The van der Waals surface area contributed by atoms with Gasteiger partial charge in [0.15, 0.2) is 0 Å². The van der Waals surface area contributed by atoms with Gasteiger partial charge in [0.25, 0.3) is 0 Å². The summed E-state index contributed by atoms with van der Waals surface area (Å²) in [5, 5.41) is 23.3. The molecule has 144 valence electrons. The van der Waals surface area contributed by atoms with E-state index in [2.05, 4.69) is 5.32 Å². The molecule has 2 fully saturated rings. The first-order valence-corrected chi connectivity index (χ1v) is 9.40. The minimum atomic E-state index is -1.66. The molecule has 8 heteroatoms. The van der Waals surface area contributed by atoms with E-state index in [1.807, 2.05) is 24.3 Å². The van der Waals surface area contributed by atoms with Gasteiger partial charge in [0, 0.05) is 30.9 Å². The van der Waals surface area contributed by atoms with Gasteiger partial charge < -0.3 is 29.3 Å². The molecule has 1 aromatic carbocycles. The smallest absolute Gasteiger partial charge is 0.464 e. The summed E-state index contributed by atoms with van der Waals surface area (Å²) in [5.41, 5.74) is 1.20. The largest absolute Gasteiger partial charge is 0.475 e. The maximum Gasteiger partial charge on any atom is 0.475 e. The van der Waals surface area contributed by atoms with Gasteiger partial charge in [0.1, 0.15) is 5.58 Å². The van der Waals surface area contributed by atoms with Gasteiger partial charge in [0.05, 0.1) is 24.4 Å². The van der Waals surface area contributed by atoms with Crippen LogP contribution in [-0.2, 0) is 20.7 Å². The monoisotopic (exact) mass is 373 g/mol. The van der Waals surface area contributed by atoms with Crippen molar-refractivity contribution >= 4 is 24.0 Å². The van der Waals surface area contributed by atoms with Crippen LogP contribution in [0.1, 0.15) is 24.8 Å². The van der Waals surface area contributed by atoms with Gasteiger partial charge in [-0.2, -0.15) is 0 Å². The van der Waals surface area contributed by atoms with Crippen LogP contribution >= 0.6 is 0 Å². The molecule has 1 aromatic heterocycles. The highest BCUT2D eigenvalue weighted by Crippen LogP contribution is 2.36. The summed E-state index contributed by atoms with van der Waals surface area (Å²) in [6.45, 7) is 1.68. The molecule has 27 heavy (non-hydrogen) atoms. The Morgan fingerprint density at radius 1 is 1.33 bits per heavy atom. The van der Waals surface area contributed by atoms with Crippen LogP contribution in [0.2, 0.25) is 0 Å². The zero-order chi connectivity index (χ0) is 18.9. The fourth-order valence-electron chi connectivity index (χ4n) is 4.07. The highest BCUT2D eigenvalue weighted by atomic mass is 16.6. The molecular weight excluding hydrogens is 349 g/mol. The van der Waals surface area contributed by atoms with Crippen LogP contribution < -0.4 is 5.32 Å². The summed E-state index contributed by atoms with van der Waals surface area (Å²) in [4.78, 5) is 12.8. The Hall–Kier alpha value is -1.87. The Labute approximate surface area is 157 Å². The van der Waals surface area contributed by atoms with Crippen LogP contribution in [-0.4, -0.2) is 54.4 Å². The summed E-state index contributed by atoms with van der Waals surface area (Å²) in [5.74, 6) is -1.20. The molecule has 1 amide bonds. The molecule has 2 saturated heterocycles. The van der Waals surface area contributed by atoms with Crippen molar-refractivity contribution in [2.45, 2.75) is 37.2 Å². The number of hydrogen-bond donors (Lipinski definition) is 3. The second-order valence-corrected chi connectivity index (χ2v) is 7.51. The van der Waals surface area contributed by atoms with E-state index in [1.54, 1.807) is 6.26 Å². The lowest BCUT2D eigenvalue weighted by molar-refractivity contribution is -0.139. The summed E-state index contributed by atoms with van der Waals surface area (Å²) >= 11 is 0. The normalized spacial score (nSPS) is 26.4. The number of furan rings is 1. The van der Waals surface area contributed by atoms with Crippen LogP contribution in [0, 0.1) is 5.92 Å². The predicted molar refractivity (Wildman–Crippen MR) is 98.9 cm³/mol. The summed E-state index contributed by atoms with van der Waals surface area (Å²) in [7, 11) is -1.66. The molecule has 3 atom stereocenters. The van der Waals surface area contributed by atoms with Gasteiger partial charge in [-0.05, 0) is 30.9 Å². The van der Waals surface area contributed by atoms with Crippen LogP contribution in [0.5, 0.6) is 0 Å². The van der Waals surface area contributed by atoms with Crippen molar-refractivity contribution in [3.8, 4) is 0 Å². The van der Waals surface area contributed by atoms with Crippen molar-refractivity contribution in [3.05, 3.63) is 36.1 Å². The first kappa shape index (κ1) is 18.5. The highest BCUT2D eigenvalue weighted by molar-refractivity contribution is 6.43. The van der Waals surface area contributed by atoms with Crippen molar-refractivity contribution < 1.29 is 28.7 Å². The van der Waals surface area contributed by atoms with E-state index in [9.17, 15) is 14.8 Å². The van der Waals surface area contributed by atoms with Gasteiger partial charge in [-0.1, -0.05) is 18.2 Å². The second kappa shape index (κ2) is 7.63. The average molecular weight is 373 g/mol. The summed E-state index contributed by atoms with van der Waals surface area (Å²) in [6, 6.07) is 7.55. The standard InChI is InChI=1S/C19H24BNO6/c22-18(13-5-7-27-19(10-13)6-8-25-12-19)21-17(20(23)24)9-14-11-26-16-4-2-1-3-15(14)16/h1-4,11,13,17,23-24H,5-10,12H2,(H,21,22)/t13?,17-,19?/m0/s1. The summed E-state index contributed by atoms with van der Waals surface area (Å²) in [6.07, 6.45) is 3.89. The van der Waals surface area contributed by atoms with E-state index >= 15 is 0 Å². The molecule has 3 N–H and O–H groups in total. The number of carbonyl (C=O) groups excluding carboxylic acids is 1. The second-order valence-electron chi connectivity index (χ2n) is 7.51. The fraction of sp³-hybridized carbons (Fsp3) is 0.526. The van der Waals surface area contributed by atoms with Gasteiger partial charge in [0.2, 0.25) is 5.91 Å². The molecule has 1 spiro atoms.